The first-order valence-corrected chi connectivity index (χ1v) is 6.75. The fraction of sp³-hybridized carbons (Fsp3) is 1.00. The van der Waals surface area contributed by atoms with E-state index in [1.165, 1.54) is 51.6 Å². The molecule has 2 fully saturated rings. The minimum atomic E-state index is 0.506. The summed E-state index contributed by atoms with van der Waals surface area (Å²) in [6, 6.07) is 1.45. The summed E-state index contributed by atoms with van der Waals surface area (Å²) in [5.41, 5.74) is 0. The zero-order valence-electron chi connectivity index (χ0n) is 10.7. The lowest BCUT2D eigenvalue weighted by Gasteiger charge is -2.21. The summed E-state index contributed by atoms with van der Waals surface area (Å²) in [6.45, 7) is 2.52. The first-order valence-electron chi connectivity index (χ1n) is 6.75. The molecule has 0 aromatic heterocycles. The number of hydrogen-bond donors (Lipinski definition) is 1. The summed E-state index contributed by atoms with van der Waals surface area (Å²) in [4.78, 5) is 2.45. The van der Waals surface area contributed by atoms with Crippen LogP contribution >= 0.6 is 0 Å². The van der Waals surface area contributed by atoms with Crippen molar-refractivity contribution in [3.8, 4) is 0 Å². The Morgan fingerprint density at radius 1 is 1.06 bits per heavy atom. The monoisotopic (exact) mass is 226 g/mol. The van der Waals surface area contributed by atoms with E-state index >= 15 is 0 Å². The van der Waals surface area contributed by atoms with E-state index in [-0.39, 0.29) is 0 Å². The molecule has 1 N–H and O–H groups in total. The molecule has 1 aliphatic heterocycles. The van der Waals surface area contributed by atoms with E-state index in [4.69, 9.17) is 4.74 Å². The van der Waals surface area contributed by atoms with Crippen molar-refractivity contribution in [1.29, 1.82) is 0 Å². The molecule has 1 aliphatic carbocycles. The molecule has 3 heteroatoms. The molecule has 3 nitrogen and oxygen atoms in total. The highest BCUT2D eigenvalue weighted by molar-refractivity contribution is 4.85. The van der Waals surface area contributed by atoms with Gasteiger partial charge in [0, 0.05) is 19.2 Å². The molecule has 0 radical (unpaired) electrons. The fourth-order valence-electron chi connectivity index (χ4n) is 3.05. The van der Waals surface area contributed by atoms with Crippen LogP contribution in [0, 0.1) is 0 Å². The van der Waals surface area contributed by atoms with E-state index in [1.54, 1.807) is 0 Å². The smallest absolute Gasteiger partial charge is 0.0586 e. The van der Waals surface area contributed by atoms with Crippen molar-refractivity contribution in [3.63, 3.8) is 0 Å². The molecule has 1 heterocycles. The van der Waals surface area contributed by atoms with Crippen LogP contribution in [0.3, 0.4) is 0 Å². The second-order valence-corrected chi connectivity index (χ2v) is 5.47. The normalized spacial score (nSPS) is 37.5. The van der Waals surface area contributed by atoms with Gasteiger partial charge in [-0.05, 0) is 58.7 Å². The lowest BCUT2D eigenvalue weighted by atomic mass is 10.1. The zero-order chi connectivity index (χ0) is 11.4. The van der Waals surface area contributed by atoms with Gasteiger partial charge in [0.1, 0.15) is 0 Å². The first-order chi connectivity index (χ1) is 7.78. The second-order valence-electron chi connectivity index (χ2n) is 5.47. The molecular formula is C13H26N2O. The van der Waals surface area contributed by atoms with Gasteiger partial charge in [0.15, 0.2) is 0 Å². The van der Waals surface area contributed by atoms with Crippen molar-refractivity contribution >= 4 is 0 Å². The molecule has 0 amide bonds. The van der Waals surface area contributed by atoms with Gasteiger partial charge in [-0.2, -0.15) is 0 Å². The van der Waals surface area contributed by atoms with E-state index in [2.05, 4.69) is 17.3 Å². The maximum atomic E-state index is 5.42. The third-order valence-electron chi connectivity index (χ3n) is 4.14. The SMILES string of the molecule is COC1CCC(NC2CCCN(C)CC2)C1. The molecule has 1 saturated carbocycles. The Morgan fingerprint density at radius 3 is 2.69 bits per heavy atom. The van der Waals surface area contributed by atoms with Gasteiger partial charge in [0.05, 0.1) is 6.10 Å². The first kappa shape index (κ1) is 12.3. The minimum absolute atomic E-state index is 0.506. The van der Waals surface area contributed by atoms with Gasteiger partial charge in [0.25, 0.3) is 0 Å². The predicted octanol–water partition coefficient (Wildman–Crippen LogP) is 1.63. The Kier molecular flexibility index (Phi) is 4.62. The highest BCUT2D eigenvalue weighted by Gasteiger charge is 2.26. The van der Waals surface area contributed by atoms with Crippen LogP contribution in [0.1, 0.15) is 38.5 Å². The second kappa shape index (κ2) is 5.99. The van der Waals surface area contributed by atoms with Gasteiger partial charge in [-0.15, -0.1) is 0 Å². The molecule has 3 atom stereocenters. The number of methoxy groups -OCH3 is 1. The zero-order valence-corrected chi connectivity index (χ0v) is 10.7. The van der Waals surface area contributed by atoms with Crippen molar-refractivity contribution in [2.75, 3.05) is 27.2 Å². The summed E-state index contributed by atoms with van der Waals surface area (Å²) in [7, 11) is 4.08. The lowest BCUT2D eigenvalue weighted by molar-refractivity contribution is 0.106. The van der Waals surface area contributed by atoms with E-state index in [1.807, 2.05) is 7.11 Å². The number of nitrogens with one attached hydrogen (secondary N) is 1. The van der Waals surface area contributed by atoms with Gasteiger partial charge in [-0.1, -0.05) is 0 Å². The molecule has 0 aromatic rings. The standard InChI is InChI=1S/C13H26N2O/c1-15-8-3-4-11(7-9-15)14-12-5-6-13(10-12)16-2/h11-14H,3-10H2,1-2H3. The average Bonchev–Trinajstić information content (AvgIpc) is 2.63. The number of likely N-dealkylation sites (tertiary alicyclic amines) is 1. The Morgan fingerprint density at radius 2 is 1.94 bits per heavy atom. The Labute approximate surface area is 99.5 Å². The van der Waals surface area contributed by atoms with Crippen molar-refractivity contribution in [1.82, 2.24) is 10.2 Å². The maximum absolute atomic E-state index is 5.42. The highest BCUT2D eigenvalue weighted by atomic mass is 16.5. The van der Waals surface area contributed by atoms with E-state index in [0.717, 1.165) is 6.04 Å². The summed E-state index contributed by atoms with van der Waals surface area (Å²) in [5, 5.41) is 3.84. The van der Waals surface area contributed by atoms with Crippen LogP contribution < -0.4 is 5.32 Å². The van der Waals surface area contributed by atoms with Gasteiger partial charge >= 0.3 is 0 Å². The van der Waals surface area contributed by atoms with Crippen molar-refractivity contribution in [2.24, 2.45) is 0 Å². The van der Waals surface area contributed by atoms with Crippen LogP contribution in [0.15, 0.2) is 0 Å². The van der Waals surface area contributed by atoms with Crippen LogP contribution in [0.5, 0.6) is 0 Å². The van der Waals surface area contributed by atoms with Crippen molar-refractivity contribution in [3.05, 3.63) is 0 Å². The van der Waals surface area contributed by atoms with Gasteiger partial charge < -0.3 is 15.0 Å². The van der Waals surface area contributed by atoms with Gasteiger partial charge in [-0.25, -0.2) is 0 Å². The molecule has 94 valence electrons. The molecular weight excluding hydrogens is 200 g/mol. The number of ether oxygens (including phenoxy) is 1. The van der Waals surface area contributed by atoms with E-state index in [9.17, 15) is 0 Å². The fourth-order valence-corrected chi connectivity index (χ4v) is 3.05. The van der Waals surface area contributed by atoms with E-state index < -0.39 is 0 Å². The summed E-state index contributed by atoms with van der Waals surface area (Å²) in [5.74, 6) is 0. The maximum Gasteiger partial charge on any atom is 0.0586 e. The molecule has 2 aliphatic rings. The van der Waals surface area contributed by atoms with Gasteiger partial charge in [-0.3, -0.25) is 0 Å². The number of hydrogen-bond acceptors (Lipinski definition) is 3. The molecule has 0 spiro atoms. The third kappa shape index (κ3) is 3.44. The van der Waals surface area contributed by atoms with Crippen molar-refractivity contribution < 1.29 is 4.74 Å². The Hall–Kier alpha value is -0.120. The number of nitrogens with zero attached hydrogens (tertiary/aromatic N) is 1. The summed E-state index contributed by atoms with van der Waals surface area (Å²) < 4.78 is 5.42. The van der Waals surface area contributed by atoms with Crippen LogP contribution in [0.25, 0.3) is 0 Å². The predicted molar refractivity (Wildman–Crippen MR) is 66.7 cm³/mol. The molecule has 0 aromatic carbocycles. The minimum Gasteiger partial charge on any atom is -0.381 e. The largest absolute Gasteiger partial charge is 0.381 e. The average molecular weight is 226 g/mol. The molecule has 16 heavy (non-hydrogen) atoms. The molecule has 0 bridgehead atoms. The van der Waals surface area contributed by atoms with Crippen LogP contribution in [0.2, 0.25) is 0 Å². The molecule has 1 saturated heterocycles. The third-order valence-corrected chi connectivity index (χ3v) is 4.14. The van der Waals surface area contributed by atoms with Crippen LogP contribution in [-0.4, -0.2) is 50.3 Å². The Bertz CT molecular complexity index is 210. The summed E-state index contributed by atoms with van der Waals surface area (Å²) in [6.07, 6.45) is 8.25. The van der Waals surface area contributed by atoms with Gasteiger partial charge in [0.2, 0.25) is 0 Å². The van der Waals surface area contributed by atoms with Crippen LogP contribution in [-0.2, 0) is 4.74 Å². The van der Waals surface area contributed by atoms with Crippen LogP contribution in [0.4, 0.5) is 0 Å². The van der Waals surface area contributed by atoms with Crippen molar-refractivity contribution in [2.45, 2.75) is 56.7 Å². The van der Waals surface area contributed by atoms with E-state index in [0.29, 0.717) is 12.1 Å². The highest BCUT2D eigenvalue weighted by Crippen LogP contribution is 2.23. The quantitative estimate of drug-likeness (QED) is 0.791. The topological polar surface area (TPSA) is 24.5 Å². The lowest BCUT2D eigenvalue weighted by Crippen LogP contribution is -2.37. The molecule has 3 unspecified atom stereocenters. The molecule has 2 rings (SSSR count). The summed E-state index contributed by atoms with van der Waals surface area (Å²) >= 11 is 0. The number of rotatable bonds is 3. The Balaban J connectivity index is 1.72.